The van der Waals surface area contributed by atoms with Crippen molar-refractivity contribution in [1.82, 2.24) is 24.6 Å². The molecule has 1 atom stereocenters. The second-order valence-corrected chi connectivity index (χ2v) is 11.7. The highest BCUT2D eigenvalue weighted by molar-refractivity contribution is 6.07. The predicted molar refractivity (Wildman–Crippen MR) is 163 cm³/mol. The number of ether oxygens (including phenoxy) is 4. The Hall–Kier alpha value is -5.40. The highest BCUT2D eigenvalue weighted by Crippen LogP contribution is 2.48. The first-order valence-electron chi connectivity index (χ1n) is 14.4. The summed E-state index contributed by atoms with van der Waals surface area (Å²) >= 11 is 0. The highest BCUT2D eigenvalue weighted by Gasteiger charge is 2.33. The Labute approximate surface area is 258 Å². The van der Waals surface area contributed by atoms with E-state index in [1.807, 2.05) is 20.8 Å². The van der Waals surface area contributed by atoms with Crippen LogP contribution < -0.4 is 20.5 Å². The largest absolute Gasteiger partial charge is 0.465 e. The number of nitrogen functional groups attached to an aromatic ring is 1. The fourth-order valence-corrected chi connectivity index (χ4v) is 5.47. The van der Waals surface area contributed by atoms with Gasteiger partial charge in [-0.3, -0.25) is 4.79 Å². The van der Waals surface area contributed by atoms with E-state index in [4.69, 9.17) is 29.8 Å². The first kappa shape index (κ1) is 29.7. The number of amides is 2. The fourth-order valence-electron chi connectivity index (χ4n) is 5.47. The van der Waals surface area contributed by atoms with Gasteiger partial charge in [0.15, 0.2) is 17.1 Å². The van der Waals surface area contributed by atoms with Crippen LogP contribution in [0.2, 0.25) is 0 Å². The number of nitrogens with two attached hydrogens (primary N) is 1. The van der Waals surface area contributed by atoms with E-state index in [1.54, 1.807) is 39.9 Å². The summed E-state index contributed by atoms with van der Waals surface area (Å²) in [5, 5.41) is 8.32. The zero-order valence-corrected chi connectivity index (χ0v) is 25.3. The van der Waals surface area contributed by atoms with Crippen LogP contribution in [0.3, 0.4) is 0 Å². The molecule has 4 aromatic rings. The van der Waals surface area contributed by atoms with E-state index in [-0.39, 0.29) is 35.9 Å². The summed E-state index contributed by atoms with van der Waals surface area (Å²) < 4.78 is 23.8. The van der Waals surface area contributed by atoms with Crippen molar-refractivity contribution in [3.8, 4) is 22.8 Å². The summed E-state index contributed by atoms with van der Waals surface area (Å²) in [5.41, 5.74) is 8.21. The maximum absolute atomic E-state index is 13.1. The van der Waals surface area contributed by atoms with E-state index in [0.717, 1.165) is 12.8 Å². The van der Waals surface area contributed by atoms with E-state index in [1.165, 1.54) is 19.5 Å². The molecule has 14 nitrogen and oxygen atoms in total. The van der Waals surface area contributed by atoms with Crippen LogP contribution in [0.1, 0.15) is 60.4 Å². The number of aromatic nitrogens is 4. The minimum Gasteiger partial charge on any atom is -0.465 e. The molecule has 6 rings (SSSR count). The van der Waals surface area contributed by atoms with Crippen molar-refractivity contribution in [3.63, 3.8) is 0 Å². The Morgan fingerprint density at radius 2 is 1.84 bits per heavy atom. The molecule has 2 aromatic carbocycles. The average Bonchev–Trinajstić information content (AvgIpc) is 3.67. The Morgan fingerprint density at radius 1 is 1.07 bits per heavy atom. The van der Waals surface area contributed by atoms with Gasteiger partial charge in [-0.1, -0.05) is 6.07 Å². The quantitative estimate of drug-likeness (QED) is 0.304. The van der Waals surface area contributed by atoms with Gasteiger partial charge in [0.1, 0.15) is 23.4 Å². The third-order valence-corrected chi connectivity index (χ3v) is 7.48. The lowest BCUT2D eigenvalue weighted by Crippen LogP contribution is -2.43. The van der Waals surface area contributed by atoms with E-state index in [9.17, 15) is 14.4 Å². The summed E-state index contributed by atoms with van der Waals surface area (Å²) in [7, 11) is 1.27. The standard InChI is InChI=1S/C31H33N7O7/c1-31(2,3)45-30(41)37-12-6-9-19(14-37)38-27-22(26(32)33-15-34-27)23(36-38)20-10-11-21(25-24(20)43-16-44-25)35-28(39)17-7-5-8-18(13-17)29(40)42-4/h5,7-8,10-11,13,15,19H,6,9,12,14,16H2,1-4H3,(H,35,39)(H2,32,33,34). The molecule has 1 saturated heterocycles. The van der Waals surface area contributed by atoms with Crippen LogP contribution in [0.25, 0.3) is 22.3 Å². The monoisotopic (exact) mass is 615 g/mol. The maximum Gasteiger partial charge on any atom is 0.410 e. The molecule has 0 spiro atoms. The van der Waals surface area contributed by atoms with Gasteiger partial charge in [-0.2, -0.15) is 5.10 Å². The lowest BCUT2D eigenvalue weighted by atomic mass is 10.1. The van der Waals surface area contributed by atoms with Gasteiger partial charge in [0, 0.05) is 24.2 Å². The molecule has 1 unspecified atom stereocenters. The maximum atomic E-state index is 13.1. The third kappa shape index (κ3) is 5.78. The van der Waals surface area contributed by atoms with Crippen molar-refractivity contribution in [2.45, 2.75) is 45.3 Å². The number of esters is 1. The minimum absolute atomic E-state index is 0.0782. The number of piperidine rings is 1. The molecule has 2 aromatic heterocycles. The number of carbonyl (C=O) groups is 3. The summed E-state index contributed by atoms with van der Waals surface area (Å²) in [6.45, 7) is 6.39. The lowest BCUT2D eigenvalue weighted by Gasteiger charge is -2.34. The van der Waals surface area contributed by atoms with E-state index >= 15 is 0 Å². The molecule has 0 saturated carbocycles. The van der Waals surface area contributed by atoms with Crippen LogP contribution in [0.5, 0.6) is 11.5 Å². The van der Waals surface area contributed by atoms with Gasteiger partial charge in [-0.25, -0.2) is 24.2 Å². The Morgan fingerprint density at radius 3 is 2.62 bits per heavy atom. The van der Waals surface area contributed by atoms with Crippen LogP contribution in [0, 0.1) is 0 Å². The number of anilines is 2. The van der Waals surface area contributed by atoms with Crippen LogP contribution in [-0.4, -0.2) is 75.2 Å². The molecule has 2 aliphatic heterocycles. The van der Waals surface area contributed by atoms with E-state index in [2.05, 4.69) is 15.3 Å². The van der Waals surface area contributed by atoms with Gasteiger partial charge in [0.05, 0.1) is 29.8 Å². The van der Waals surface area contributed by atoms with Crippen molar-refractivity contribution in [3.05, 3.63) is 53.9 Å². The van der Waals surface area contributed by atoms with Crippen molar-refractivity contribution in [2.24, 2.45) is 0 Å². The molecule has 1 fully saturated rings. The van der Waals surface area contributed by atoms with Gasteiger partial charge in [-0.15, -0.1) is 0 Å². The fraction of sp³-hybridized carbons (Fsp3) is 0.355. The Bertz CT molecular complexity index is 1810. The average molecular weight is 616 g/mol. The third-order valence-electron chi connectivity index (χ3n) is 7.48. The van der Waals surface area contributed by atoms with Crippen LogP contribution in [-0.2, 0) is 9.47 Å². The number of methoxy groups -OCH3 is 1. The number of hydrogen-bond donors (Lipinski definition) is 2. The number of benzene rings is 2. The molecular weight excluding hydrogens is 582 g/mol. The minimum atomic E-state index is -0.613. The Kier molecular flexibility index (Phi) is 7.64. The number of rotatable bonds is 5. The van der Waals surface area contributed by atoms with Gasteiger partial charge < -0.3 is 34.9 Å². The molecule has 0 bridgehead atoms. The van der Waals surface area contributed by atoms with Gasteiger partial charge in [0.25, 0.3) is 5.91 Å². The SMILES string of the molecule is COC(=O)c1cccc(C(=O)Nc2ccc(-c3nn(C4CCCN(C(=O)OC(C)(C)C)C4)c4ncnc(N)c34)c3c2OCO3)c1. The highest BCUT2D eigenvalue weighted by atomic mass is 16.7. The number of nitrogens with zero attached hydrogens (tertiary/aromatic N) is 5. The molecule has 0 aliphatic carbocycles. The first-order chi connectivity index (χ1) is 21.5. The van der Waals surface area contributed by atoms with Gasteiger partial charge in [-0.05, 0) is 63.9 Å². The van der Waals surface area contributed by atoms with Crippen LogP contribution in [0.4, 0.5) is 16.3 Å². The smallest absolute Gasteiger partial charge is 0.410 e. The van der Waals surface area contributed by atoms with Crippen LogP contribution in [0.15, 0.2) is 42.7 Å². The van der Waals surface area contributed by atoms with Crippen molar-refractivity contribution >= 4 is 40.5 Å². The number of carbonyl (C=O) groups excluding carboxylic acids is 3. The molecule has 45 heavy (non-hydrogen) atoms. The Balaban J connectivity index is 1.34. The van der Waals surface area contributed by atoms with Crippen molar-refractivity contribution in [2.75, 3.05) is 38.0 Å². The summed E-state index contributed by atoms with van der Waals surface area (Å²) in [6.07, 6.45) is 2.52. The molecule has 3 N–H and O–H groups in total. The zero-order valence-electron chi connectivity index (χ0n) is 25.3. The summed E-state index contributed by atoms with van der Waals surface area (Å²) in [4.78, 5) is 48.4. The molecule has 0 radical (unpaired) electrons. The first-order valence-corrected chi connectivity index (χ1v) is 14.4. The predicted octanol–water partition coefficient (Wildman–Crippen LogP) is 4.42. The van der Waals surface area contributed by atoms with E-state index < -0.39 is 17.5 Å². The molecular formula is C31H33N7O7. The normalized spacial score (nSPS) is 16.0. The van der Waals surface area contributed by atoms with Gasteiger partial charge >= 0.3 is 12.1 Å². The molecule has 2 amide bonds. The summed E-state index contributed by atoms with van der Waals surface area (Å²) in [5.74, 6) is -0.0869. The van der Waals surface area contributed by atoms with Gasteiger partial charge in [0.2, 0.25) is 6.79 Å². The van der Waals surface area contributed by atoms with Crippen LogP contribution >= 0.6 is 0 Å². The zero-order chi connectivity index (χ0) is 31.9. The second kappa shape index (κ2) is 11.6. The molecule has 234 valence electrons. The van der Waals surface area contributed by atoms with E-state index in [0.29, 0.717) is 52.6 Å². The molecule has 14 heteroatoms. The number of likely N-dealkylation sites (tertiary alicyclic amines) is 1. The summed E-state index contributed by atoms with van der Waals surface area (Å²) in [6, 6.07) is 9.44. The topological polar surface area (TPSA) is 173 Å². The van der Waals surface area contributed by atoms with Crippen molar-refractivity contribution in [1.29, 1.82) is 0 Å². The second-order valence-electron chi connectivity index (χ2n) is 11.7. The van der Waals surface area contributed by atoms with Crippen molar-refractivity contribution < 1.29 is 33.3 Å². The lowest BCUT2D eigenvalue weighted by molar-refractivity contribution is 0.0169. The number of fused-ring (bicyclic) bond motifs is 2. The molecule has 2 aliphatic rings. The number of hydrogen-bond acceptors (Lipinski definition) is 11. The number of nitrogens with one attached hydrogen (secondary N) is 1. The molecule has 4 heterocycles.